The first-order chi connectivity index (χ1) is 13.7. The van der Waals surface area contributed by atoms with Crippen LogP contribution >= 0.6 is 11.3 Å². The van der Waals surface area contributed by atoms with Crippen LogP contribution < -0.4 is 4.87 Å². The van der Waals surface area contributed by atoms with Gasteiger partial charge in [0, 0.05) is 17.4 Å². The molecule has 5 rings (SSSR count). The zero-order valence-corrected chi connectivity index (χ0v) is 15.7. The predicted molar refractivity (Wildman–Crippen MR) is 116 cm³/mol. The Balaban J connectivity index is 1.51. The van der Waals surface area contributed by atoms with Gasteiger partial charge >= 0.3 is 4.87 Å². The van der Waals surface area contributed by atoms with Crippen LogP contribution in [-0.2, 0) is 6.54 Å². The average Bonchev–Trinajstić information content (AvgIpc) is 3.24. The molecule has 3 aromatic carbocycles. The first-order valence-corrected chi connectivity index (χ1v) is 9.76. The number of benzene rings is 3. The molecule has 0 saturated heterocycles. The van der Waals surface area contributed by atoms with E-state index in [1.165, 1.54) is 4.57 Å². The Morgan fingerprint density at radius 1 is 1.00 bits per heavy atom. The Morgan fingerprint density at radius 2 is 1.79 bits per heavy atom. The molecular formula is C23H16N2O2S. The summed E-state index contributed by atoms with van der Waals surface area (Å²) in [6.07, 6.45) is 3.59. The smallest absolute Gasteiger partial charge is 0.310 e. The molecule has 5 heteroatoms. The predicted octanol–water partition coefficient (Wildman–Crippen LogP) is 5.07. The molecule has 0 saturated carbocycles. The topological polar surface area (TPSA) is 54.6 Å². The highest BCUT2D eigenvalue weighted by Crippen LogP contribution is 2.34. The minimum atomic E-state index is -0.180. The van der Waals surface area contributed by atoms with E-state index in [0.29, 0.717) is 11.4 Å². The van der Waals surface area contributed by atoms with Crippen LogP contribution in [0.4, 0.5) is 5.69 Å². The fraction of sp³-hybridized carbons (Fsp3) is 0.0435. The molecule has 28 heavy (non-hydrogen) atoms. The maximum absolute atomic E-state index is 12.5. The summed E-state index contributed by atoms with van der Waals surface area (Å²) < 4.78 is 1.42. The number of aromatic nitrogens is 1. The summed E-state index contributed by atoms with van der Waals surface area (Å²) in [5.41, 5.74) is 3.77. The van der Waals surface area contributed by atoms with Crippen molar-refractivity contribution in [2.24, 2.45) is 4.99 Å². The van der Waals surface area contributed by atoms with Crippen LogP contribution in [0.15, 0.2) is 76.5 Å². The highest BCUT2D eigenvalue weighted by molar-refractivity contribution is 7.10. The minimum absolute atomic E-state index is 0.00607. The third kappa shape index (κ3) is 2.86. The number of hydrogen-bond acceptors (Lipinski definition) is 4. The Bertz CT molecular complexity index is 1330. The molecule has 4 nitrogen and oxygen atoms in total. The van der Waals surface area contributed by atoms with Crippen molar-refractivity contribution in [1.29, 1.82) is 0 Å². The Morgan fingerprint density at radius 3 is 2.68 bits per heavy atom. The number of para-hydroxylation sites is 1. The van der Waals surface area contributed by atoms with Gasteiger partial charge in [-0.25, -0.2) is 0 Å². The van der Waals surface area contributed by atoms with Crippen LogP contribution in [0.3, 0.4) is 0 Å². The van der Waals surface area contributed by atoms with E-state index in [9.17, 15) is 9.90 Å². The second kappa shape index (κ2) is 6.62. The van der Waals surface area contributed by atoms with Crippen molar-refractivity contribution >= 4 is 45.7 Å². The van der Waals surface area contributed by atoms with Gasteiger partial charge in [-0.3, -0.25) is 14.4 Å². The van der Waals surface area contributed by atoms with Crippen molar-refractivity contribution in [2.75, 3.05) is 0 Å². The average molecular weight is 384 g/mol. The molecule has 136 valence electrons. The molecule has 0 amide bonds. The third-order valence-electron chi connectivity index (χ3n) is 4.89. The highest BCUT2D eigenvalue weighted by atomic mass is 32.1. The highest BCUT2D eigenvalue weighted by Gasteiger charge is 2.16. The molecule has 0 spiro atoms. The lowest BCUT2D eigenvalue weighted by atomic mass is 10.1. The second-order valence-corrected chi connectivity index (χ2v) is 7.69. The molecule has 2 heterocycles. The van der Waals surface area contributed by atoms with Gasteiger partial charge in [0.25, 0.3) is 0 Å². The SMILES string of the molecule is O=c1sc(/C=C2/C=Nc3ccccc32)c(O)n1Cc1ccc2ccccc2c1. The summed E-state index contributed by atoms with van der Waals surface area (Å²) >= 11 is 1.04. The summed E-state index contributed by atoms with van der Waals surface area (Å²) in [4.78, 5) is 17.2. The van der Waals surface area contributed by atoms with Gasteiger partial charge in [-0.05, 0) is 34.5 Å². The number of nitrogens with zero attached hydrogens (tertiary/aromatic N) is 2. The lowest BCUT2D eigenvalue weighted by molar-refractivity contribution is 0.420. The van der Waals surface area contributed by atoms with Crippen molar-refractivity contribution in [3.05, 3.63) is 92.4 Å². The van der Waals surface area contributed by atoms with E-state index < -0.39 is 0 Å². The van der Waals surface area contributed by atoms with E-state index in [-0.39, 0.29) is 10.8 Å². The fourth-order valence-corrected chi connectivity index (χ4v) is 4.30. The van der Waals surface area contributed by atoms with Gasteiger partial charge in [0.1, 0.15) is 0 Å². The number of rotatable bonds is 3. The van der Waals surface area contributed by atoms with Gasteiger partial charge in [-0.15, -0.1) is 0 Å². The normalized spacial score (nSPS) is 14.1. The van der Waals surface area contributed by atoms with E-state index in [4.69, 9.17) is 0 Å². The Labute approximate surface area is 165 Å². The molecule has 1 aliphatic rings. The number of thiazole rings is 1. The first-order valence-electron chi connectivity index (χ1n) is 8.94. The maximum atomic E-state index is 12.5. The fourth-order valence-electron chi connectivity index (χ4n) is 3.46. The summed E-state index contributed by atoms with van der Waals surface area (Å²) in [5.74, 6) is -0.00607. The van der Waals surface area contributed by atoms with Gasteiger partial charge in [-0.1, -0.05) is 65.9 Å². The summed E-state index contributed by atoms with van der Waals surface area (Å²) in [6.45, 7) is 0.333. The number of aromatic hydroxyl groups is 1. The second-order valence-electron chi connectivity index (χ2n) is 6.70. The minimum Gasteiger partial charge on any atom is -0.493 e. The van der Waals surface area contributed by atoms with E-state index in [2.05, 4.69) is 17.1 Å². The molecule has 4 aromatic rings. The molecule has 0 radical (unpaired) electrons. The van der Waals surface area contributed by atoms with Crippen molar-refractivity contribution < 1.29 is 5.11 Å². The lowest BCUT2D eigenvalue weighted by Gasteiger charge is -2.06. The molecule has 1 aliphatic heterocycles. The quantitative estimate of drug-likeness (QED) is 0.536. The van der Waals surface area contributed by atoms with Gasteiger partial charge in [0.2, 0.25) is 5.88 Å². The standard InChI is InChI=1S/C23H16N2O2S/c26-22-21(12-18-13-24-20-8-4-3-7-19(18)20)28-23(27)25(22)14-15-9-10-16-5-1-2-6-17(16)11-15/h1-13,26H,14H2/b18-12-. The van der Waals surface area contributed by atoms with Gasteiger partial charge in [-0.2, -0.15) is 0 Å². The molecule has 1 N–H and O–H groups in total. The van der Waals surface area contributed by atoms with Crippen LogP contribution in [0.5, 0.6) is 5.88 Å². The van der Waals surface area contributed by atoms with Crippen LogP contribution in [0, 0.1) is 0 Å². The maximum Gasteiger partial charge on any atom is 0.310 e. The molecule has 1 aromatic heterocycles. The van der Waals surface area contributed by atoms with Crippen molar-refractivity contribution in [2.45, 2.75) is 6.54 Å². The molecule has 0 unspecified atom stereocenters. The monoisotopic (exact) mass is 384 g/mol. The molecular weight excluding hydrogens is 368 g/mol. The van der Waals surface area contributed by atoms with E-state index in [1.807, 2.05) is 60.7 Å². The van der Waals surface area contributed by atoms with Crippen molar-refractivity contribution in [3.8, 4) is 5.88 Å². The number of hydrogen-bond donors (Lipinski definition) is 1. The van der Waals surface area contributed by atoms with Crippen LogP contribution in [0.25, 0.3) is 22.4 Å². The molecule has 0 atom stereocenters. The van der Waals surface area contributed by atoms with Gasteiger partial charge < -0.3 is 5.11 Å². The molecule has 0 aliphatic carbocycles. The number of allylic oxidation sites excluding steroid dienone is 1. The van der Waals surface area contributed by atoms with Crippen molar-refractivity contribution in [3.63, 3.8) is 0 Å². The Hall–Kier alpha value is -3.44. The van der Waals surface area contributed by atoms with E-state index in [0.717, 1.165) is 44.5 Å². The zero-order valence-electron chi connectivity index (χ0n) is 14.9. The van der Waals surface area contributed by atoms with E-state index >= 15 is 0 Å². The van der Waals surface area contributed by atoms with E-state index in [1.54, 1.807) is 6.21 Å². The largest absolute Gasteiger partial charge is 0.493 e. The molecule has 0 fully saturated rings. The third-order valence-corrected chi connectivity index (χ3v) is 5.81. The number of fused-ring (bicyclic) bond motifs is 2. The summed E-state index contributed by atoms with van der Waals surface area (Å²) in [5, 5.41) is 12.9. The van der Waals surface area contributed by atoms with Crippen LogP contribution in [-0.4, -0.2) is 15.9 Å². The van der Waals surface area contributed by atoms with Gasteiger partial charge in [0.05, 0.1) is 17.1 Å². The van der Waals surface area contributed by atoms with Gasteiger partial charge in [0.15, 0.2) is 0 Å². The number of aliphatic imine (C=N–C) groups is 1. The van der Waals surface area contributed by atoms with Crippen molar-refractivity contribution in [1.82, 2.24) is 4.57 Å². The molecule has 0 bridgehead atoms. The van der Waals surface area contributed by atoms with Crippen LogP contribution in [0.1, 0.15) is 16.0 Å². The summed E-state index contributed by atoms with van der Waals surface area (Å²) in [7, 11) is 0. The first kappa shape index (κ1) is 16.7. The Kier molecular flexibility index (Phi) is 3.95. The lowest BCUT2D eigenvalue weighted by Crippen LogP contribution is -2.13. The zero-order chi connectivity index (χ0) is 19.1. The van der Waals surface area contributed by atoms with Crippen LogP contribution in [0.2, 0.25) is 0 Å². The summed E-state index contributed by atoms with van der Waals surface area (Å²) in [6, 6.07) is 22.0.